The Bertz CT molecular complexity index is 205. The predicted octanol–water partition coefficient (Wildman–Crippen LogP) is 2.45. The van der Waals surface area contributed by atoms with E-state index < -0.39 is 0 Å². The second-order valence-corrected chi connectivity index (χ2v) is 2.81. The van der Waals surface area contributed by atoms with Crippen molar-refractivity contribution in [2.45, 2.75) is 27.3 Å². The van der Waals surface area contributed by atoms with Crippen LogP contribution in [0.2, 0.25) is 0 Å². The van der Waals surface area contributed by atoms with E-state index in [-0.39, 0.29) is 0 Å². The number of hydrogen-bond donors (Lipinski definition) is 1. The zero-order valence-electron chi connectivity index (χ0n) is 9.53. The molecule has 14 heavy (non-hydrogen) atoms. The molecule has 0 radical (unpaired) electrons. The van der Waals surface area contributed by atoms with Crippen LogP contribution in [0.4, 0.5) is 0 Å². The Morgan fingerprint density at radius 3 is 2.14 bits per heavy atom. The molecule has 80 valence electrons. The molecule has 2 heteroatoms. The van der Waals surface area contributed by atoms with Gasteiger partial charge in [-0.1, -0.05) is 51.1 Å². The summed E-state index contributed by atoms with van der Waals surface area (Å²) < 4.78 is 0. The zero-order chi connectivity index (χ0) is 10.8. The summed E-state index contributed by atoms with van der Waals surface area (Å²) in [6, 6.07) is 10.4. The van der Waals surface area contributed by atoms with Gasteiger partial charge in [0.05, 0.1) is 0 Å². The lowest BCUT2D eigenvalue weighted by Crippen LogP contribution is -2.29. The van der Waals surface area contributed by atoms with E-state index in [2.05, 4.69) is 36.1 Å². The first-order chi connectivity index (χ1) is 6.86. The van der Waals surface area contributed by atoms with E-state index in [0.29, 0.717) is 6.67 Å². The van der Waals surface area contributed by atoms with Gasteiger partial charge in [0.2, 0.25) is 0 Å². The summed E-state index contributed by atoms with van der Waals surface area (Å²) >= 11 is 0. The second kappa shape index (κ2) is 8.73. The van der Waals surface area contributed by atoms with Crippen molar-refractivity contribution in [3.8, 4) is 0 Å². The van der Waals surface area contributed by atoms with Crippen LogP contribution in [0.25, 0.3) is 0 Å². The molecule has 0 fully saturated rings. The summed E-state index contributed by atoms with van der Waals surface area (Å²) in [6.45, 7) is 8.71. The van der Waals surface area contributed by atoms with E-state index in [1.165, 1.54) is 5.56 Å². The molecule has 1 aromatic rings. The normalized spacial score (nSPS) is 9.50. The molecule has 0 spiro atoms. The lowest BCUT2D eigenvalue weighted by atomic mass is 10.2. The van der Waals surface area contributed by atoms with Gasteiger partial charge >= 0.3 is 0 Å². The summed E-state index contributed by atoms with van der Waals surface area (Å²) in [4.78, 5) is 2.19. The Morgan fingerprint density at radius 1 is 1.14 bits per heavy atom. The van der Waals surface area contributed by atoms with Crippen LogP contribution in [-0.2, 0) is 6.54 Å². The SMILES string of the molecule is CC.CCN(CN)Cc1ccccc1. The highest BCUT2D eigenvalue weighted by Gasteiger charge is 1.98. The molecule has 1 aromatic carbocycles. The van der Waals surface area contributed by atoms with E-state index in [0.717, 1.165) is 13.1 Å². The molecule has 0 atom stereocenters. The highest BCUT2D eigenvalue weighted by atomic mass is 15.2. The summed E-state index contributed by atoms with van der Waals surface area (Å²) in [5.41, 5.74) is 6.88. The molecule has 0 heterocycles. The largest absolute Gasteiger partial charge is 0.318 e. The highest BCUT2D eigenvalue weighted by molar-refractivity contribution is 5.14. The average molecular weight is 194 g/mol. The quantitative estimate of drug-likeness (QED) is 0.746. The van der Waals surface area contributed by atoms with Crippen molar-refractivity contribution >= 4 is 0 Å². The van der Waals surface area contributed by atoms with Crippen LogP contribution in [0.15, 0.2) is 30.3 Å². The third kappa shape index (κ3) is 5.00. The Morgan fingerprint density at radius 2 is 1.71 bits per heavy atom. The minimum absolute atomic E-state index is 0.630. The molecule has 0 saturated heterocycles. The van der Waals surface area contributed by atoms with Crippen LogP contribution in [0, 0.1) is 0 Å². The Labute approximate surface area is 87.7 Å². The first kappa shape index (κ1) is 13.1. The van der Waals surface area contributed by atoms with E-state index >= 15 is 0 Å². The van der Waals surface area contributed by atoms with Gasteiger partial charge in [0.25, 0.3) is 0 Å². The molecule has 0 saturated carbocycles. The van der Waals surface area contributed by atoms with Gasteiger partial charge in [0.1, 0.15) is 0 Å². The predicted molar refractivity (Wildman–Crippen MR) is 62.9 cm³/mol. The molecule has 0 unspecified atom stereocenters. The zero-order valence-corrected chi connectivity index (χ0v) is 9.53. The van der Waals surface area contributed by atoms with Gasteiger partial charge in [-0.05, 0) is 12.1 Å². The number of rotatable bonds is 4. The van der Waals surface area contributed by atoms with E-state index in [1.54, 1.807) is 0 Å². The summed E-state index contributed by atoms with van der Waals surface area (Å²) in [5.74, 6) is 0. The van der Waals surface area contributed by atoms with Crippen LogP contribution in [0.1, 0.15) is 26.3 Å². The highest BCUT2D eigenvalue weighted by Crippen LogP contribution is 2.02. The molecular weight excluding hydrogens is 172 g/mol. The Hall–Kier alpha value is -0.860. The smallest absolute Gasteiger partial charge is 0.0458 e. The van der Waals surface area contributed by atoms with Gasteiger partial charge in [0.15, 0.2) is 0 Å². The molecule has 0 amide bonds. The lowest BCUT2D eigenvalue weighted by molar-refractivity contribution is 0.288. The van der Waals surface area contributed by atoms with E-state index in [4.69, 9.17) is 5.73 Å². The van der Waals surface area contributed by atoms with Crippen molar-refractivity contribution in [1.82, 2.24) is 4.90 Å². The van der Waals surface area contributed by atoms with E-state index in [1.807, 2.05) is 19.9 Å². The summed E-state index contributed by atoms with van der Waals surface area (Å²) in [6.07, 6.45) is 0. The van der Waals surface area contributed by atoms with Crippen LogP contribution in [0.5, 0.6) is 0 Å². The van der Waals surface area contributed by atoms with Gasteiger partial charge < -0.3 is 5.73 Å². The molecule has 0 aliphatic rings. The van der Waals surface area contributed by atoms with E-state index in [9.17, 15) is 0 Å². The Balaban J connectivity index is 0.000000791. The maximum atomic E-state index is 5.56. The Kier molecular flexibility index (Phi) is 8.19. The second-order valence-electron chi connectivity index (χ2n) is 2.81. The standard InChI is InChI=1S/C10H16N2.C2H6/c1-2-12(9-11)8-10-6-4-3-5-7-10;1-2/h3-7H,2,8-9,11H2,1H3;1-2H3. The minimum Gasteiger partial charge on any atom is -0.318 e. The number of nitrogens with two attached hydrogens (primary N) is 1. The molecule has 0 aliphatic carbocycles. The molecule has 1 rings (SSSR count). The summed E-state index contributed by atoms with van der Waals surface area (Å²) in [5, 5.41) is 0. The van der Waals surface area contributed by atoms with Gasteiger partial charge in [-0.3, -0.25) is 4.90 Å². The molecule has 0 bridgehead atoms. The first-order valence-electron chi connectivity index (χ1n) is 5.33. The van der Waals surface area contributed by atoms with Gasteiger partial charge in [-0.15, -0.1) is 0 Å². The minimum atomic E-state index is 0.630. The van der Waals surface area contributed by atoms with Crippen molar-refractivity contribution in [2.24, 2.45) is 5.73 Å². The van der Waals surface area contributed by atoms with Crippen molar-refractivity contribution in [3.05, 3.63) is 35.9 Å². The van der Waals surface area contributed by atoms with Gasteiger partial charge in [0, 0.05) is 13.2 Å². The van der Waals surface area contributed by atoms with Crippen LogP contribution >= 0.6 is 0 Å². The first-order valence-corrected chi connectivity index (χ1v) is 5.33. The fraction of sp³-hybridized carbons (Fsp3) is 0.500. The topological polar surface area (TPSA) is 29.3 Å². The fourth-order valence-electron chi connectivity index (χ4n) is 1.15. The number of benzene rings is 1. The third-order valence-corrected chi connectivity index (χ3v) is 1.95. The maximum absolute atomic E-state index is 5.56. The van der Waals surface area contributed by atoms with Crippen molar-refractivity contribution < 1.29 is 0 Å². The molecule has 0 aliphatic heterocycles. The average Bonchev–Trinajstić information content (AvgIpc) is 2.30. The van der Waals surface area contributed by atoms with Crippen LogP contribution in [0.3, 0.4) is 0 Å². The number of nitrogens with zero attached hydrogens (tertiary/aromatic N) is 1. The van der Waals surface area contributed by atoms with Gasteiger partial charge in [-0.2, -0.15) is 0 Å². The fourth-order valence-corrected chi connectivity index (χ4v) is 1.15. The van der Waals surface area contributed by atoms with Crippen molar-refractivity contribution in [1.29, 1.82) is 0 Å². The van der Waals surface area contributed by atoms with Gasteiger partial charge in [-0.25, -0.2) is 0 Å². The lowest BCUT2D eigenvalue weighted by Gasteiger charge is -2.17. The van der Waals surface area contributed by atoms with Crippen molar-refractivity contribution in [2.75, 3.05) is 13.2 Å². The van der Waals surface area contributed by atoms with Crippen LogP contribution < -0.4 is 5.73 Å². The monoisotopic (exact) mass is 194 g/mol. The van der Waals surface area contributed by atoms with Crippen LogP contribution in [-0.4, -0.2) is 18.1 Å². The summed E-state index contributed by atoms with van der Waals surface area (Å²) in [7, 11) is 0. The van der Waals surface area contributed by atoms with Crippen molar-refractivity contribution in [3.63, 3.8) is 0 Å². The molecule has 2 N–H and O–H groups in total. The number of hydrogen-bond acceptors (Lipinski definition) is 2. The molecule has 2 nitrogen and oxygen atoms in total. The molecule has 0 aromatic heterocycles. The molecular formula is C12H22N2. The third-order valence-electron chi connectivity index (χ3n) is 1.95. The maximum Gasteiger partial charge on any atom is 0.0458 e.